The van der Waals surface area contributed by atoms with Gasteiger partial charge in [-0.3, -0.25) is 10.2 Å². The standard InChI is InChI=1S/C14H19N3OS/c15-13-7-2-1-4-10(17-13)5-3-6-11-8-9-12(19-11)14(16)18/h3,6,8-10H,1-2,4-5,7H2,(H2,15,17)(H2,16,18). The van der Waals surface area contributed by atoms with E-state index in [4.69, 9.17) is 11.1 Å². The Morgan fingerprint density at radius 2 is 2.37 bits per heavy atom. The molecule has 4 nitrogen and oxygen atoms in total. The molecule has 0 aliphatic carbocycles. The SMILES string of the molecule is N=C1CCCCC(CC=Cc2ccc(C(N)=O)s2)N1. The summed E-state index contributed by atoms with van der Waals surface area (Å²) in [5.41, 5.74) is 5.22. The first-order chi connectivity index (χ1) is 9.15. The molecule has 1 unspecified atom stereocenters. The van der Waals surface area contributed by atoms with Crippen LogP contribution in [0.15, 0.2) is 18.2 Å². The molecular formula is C14H19N3OS. The molecule has 1 aliphatic rings. The van der Waals surface area contributed by atoms with Gasteiger partial charge in [-0.05, 0) is 37.5 Å². The molecule has 1 amide bonds. The lowest BCUT2D eigenvalue weighted by molar-refractivity contribution is 0.100. The van der Waals surface area contributed by atoms with Crippen molar-refractivity contribution in [1.82, 2.24) is 5.32 Å². The maximum Gasteiger partial charge on any atom is 0.258 e. The number of carbonyl (C=O) groups excluding carboxylic acids is 1. The zero-order valence-electron chi connectivity index (χ0n) is 10.8. The van der Waals surface area contributed by atoms with Crippen LogP contribution in [0.5, 0.6) is 0 Å². The zero-order valence-corrected chi connectivity index (χ0v) is 11.6. The number of amides is 1. The van der Waals surface area contributed by atoms with E-state index < -0.39 is 0 Å². The number of rotatable bonds is 4. The van der Waals surface area contributed by atoms with Gasteiger partial charge in [-0.2, -0.15) is 0 Å². The van der Waals surface area contributed by atoms with Gasteiger partial charge in [0.15, 0.2) is 0 Å². The van der Waals surface area contributed by atoms with Gasteiger partial charge >= 0.3 is 0 Å². The monoisotopic (exact) mass is 277 g/mol. The summed E-state index contributed by atoms with van der Waals surface area (Å²) in [5, 5.41) is 11.0. The van der Waals surface area contributed by atoms with E-state index in [1.165, 1.54) is 17.8 Å². The number of primary amides is 1. The minimum Gasteiger partial charge on any atom is -0.371 e. The fourth-order valence-electron chi connectivity index (χ4n) is 2.18. The topological polar surface area (TPSA) is 79.0 Å². The molecule has 0 radical (unpaired) electrons. The summed E-state index contributed by atoms with van der Waals surface area (Å²) in [6, 6.07) is 4.03. The second-order valence-electron chi connectivity index (χ2n) is 4.77. The van der Waals surface area contributed by atoms with Crippen molar-refractivity contribution in [2.45, 2.75) is 38.1 Å². The van der Waals surface area contributed by atoms with Crippen LogP contribution in [0.4, 0.5) is 0 Å². The Morgan fingerprint density at radius 3 is 3.11 bits per heavy atom. The molecule has 0 aromatic carbocycles. The number of nitrogens with one attached hydrogen (secondary N) is 2. The molecule has 2 rings (SSSR count). The van der Waals surface area contributed by atoms with Crippen molar-refractivity contribution >= 4 is 29.2 Å². The van der Waals surface area contributed by atoms with Gasteiger partial charge in [0.25, 0.3) is 5.91 Å². The van der Waals surface area contributed by atoms with Crippen LogP contribution in [0, 0.1) is 5.41 Å². The number of hydrogen-bond donors (Lipinski definition) is 3. The molecule has 2 heterocycles. The Balaban J connectivity index is 1.87. The Hall–Kier alpha value is -1.62. The third kappa shape index (κ3) is 4.21. The van der Waals surface area contributed by atoms with Gasteiger partial charge in [-0.25, -0.2) is 0 Å². The second kappa shape index (κ2) is 6.52. The van der Waals surface area contributed by atoms with E-state index >= 15 is 0 Å². The molecule has 0 spiro atoms. The van der Waals surface area contributed by atoms with Crippen LogP contribution < -0.4 is 11.1 Å². The lowest BCUT2D eigenvalue weighted by Gasteiger charge is -2.14. The van der Waals surface area contributed by atoms with Crippen molar-refractivity contribution in [2.75, 3.05) is 0 Å². The Kier molecular flexibility index (Phi) is 4.74. The third-order valence-corrected chi connectivity index (χ3v) is 4.25. The summed E-state index contributed by atoms with van der Waals surface area (Å²) in [6.45, 7) is 0. The minimum atomic E-state index is -0.372. The first-order valence-corrected chi connectivity index (χ1v) is 7.37. The smallest absolute Gasteiger partial charge is 0.258 e. The third-order valence-electron chi connectivity index (χ3n) is 3.18. The van der Waals surface area contributed by atoms with Crippen molar-refractivity contribution in [3.63, 3.8) is 0 Å². The lowest BCUT2D eigenvalue weighted by Crippen LogP contribution is -2.31. The van der Waals surface area contributed by atoms with E-state index in [-0.39, 0.29) is 5.91 Å². The van der Waals surface area contributed by atoms with E-state index in [2.05, 4.69) is 11.4 Å². The highest BCUT2D eigenvalue weighted by atomic mass is 32.1. The summed E-state index contributed by atoms with van der Waals surface area (Å²) < 4.78 is 0. The fraction of sp³-hybridized carbons (Fsp3) is 0.429. The molecule has 4 N–H and O–H groups in total. The quantitative estimate of drug-likeness (QED) is 0.791. The van der Waals surface area contributed by atoms with Crippen LogP contribution in [-0.4, -0.2) is 17.8 Å². The Bertz CT molecular complexity index is 493. The van der Waals surface area contributed by atoms with Gasteiger partial charge in [-0.15, -0.1) is 11.3 Å². The average molecular weight is 277 g/mol. The second-order valence-corrected chi connectivity index (χ2v) is 5.89. The molecular weight excluding hydrogens is 258 g/mol. The van der Waals surface area contributed by atoms with Gasteiger partial charge in [-0.1, -0.05) is 12.5 Å². The Labute approximate surface area is 117 Å². The highest BCUT2D eigenvalue weighted by Gasteiger charge is 2.12. The highest BCUT2D eigenvalue weighted by Crippen LogP contribution is 2.18. The maximum absolute atomic E-state index is 11.0. The molecule has 5 heteroatoms. The normalized spacial score (nSPS) is 20.2. The molecule has 1 aliphatic heterocycles. The molecule has 0 saturated carbocycles. The molecule has 1 fully saturated rings. The largest absolute Gasteiger partial charge is 0.371 e. The predicted molar refractivity (Wildman–Crippen MR) is 79.6 cm³/mol. The molecule has 19 heavy (non-hydrogen) atoms. The van der Waals surface area contributed by atoms with E-state index in [0.29, 0.717) is 16.8 Å². The summed E-state index contributed by atoms with van der Waals surface area (Å²) in [7, 11) is 0. The molecule has 102 valence electrons. The minimum absolute atomic E-state index is 0.363. The number of nitrogens with two attached hydrogens (primary N) is 1. The van der Waals surface area contributed by atoms with Crippen molar-refractivity contribution in [3.05, 3.63) is 28.0 Å². The maximum atomic E-state index is 11.0. The fourth-order valence-corrected chi connectivity index (χ4v) is 2.97. The molecule has 1 saturated heterocycles. The van der Waals surface area contributed by atoms with Gasteiger partial charge < -0.3 is 11.1 Å². The summed E-state index contributed by atoms with van der Waals surface area (Å²) in [4.78, 5) is 12.6. The van der Waals surface area contributed by atoms with Crippen molar-refractivity contribution in [1.29, 1.82) is 5.41 Å². The van der Waals surface area contributed by atoms with E-state index in [1.54, 1.807) is 6.07 Å². The summed E-state index contributed by atoms with van der Waals surface area (Å²) in [5.74, 6) is 0.284. The Morgan fingerprint density at radius 1 is 1.53 bits per heavy atom. The highest BCUT2D eigenvalue weighted by molar-refractivity contribution is 7.14. The molecule has 0 bridgehead atoms. The van der Waals surface area contributed by atoms with Crippen molar-refractivity contribution in [3.8, 4) is 0 Å². The van der Waals surface area contributed by atoms with E-state index in [1.807, 2.05) is 12.1 Å². The molecule has 1 aromatic heterocycles. The zero-order chi connectivity index (χ0) is 13.7. The number of hydrogen-bond acceptors (Lipinski definition) is 3. The number of amidine groups is 1. The van der Waals surface area contributed by atoms with Crippen molar-refractivity contribution < 1.29 is 4.79 Å². The predicted octanol–water partition coefficient (Wildman–Crippen LogP) is 2.76. The van der Waals surface area contributed by atoms with Gasteiger partial charge in [0.05, 0.1) is 10.7 Å². The summed E-state index contributed by atoms with van der Waals surface area (Å²) >= 11 is 1.41. The van der Waals surface area contributed by atoms with Crippen molar-refractivity contribution in [2.24, 2.45) is 5.73 Å². The van der Waals surface area contributed by atoms with Gasteiger partial charge in [0, 0.05) is 17.3 Å². The van der Waals surface area contributed by atoms with Crippen LogP contribution in [0.2, 0.25) is 0 Å². The molecule has 1 aromatic rings. The average Bonchev–Trinajstić information content (AvgIpc) is 2.74. The van der Waals surface area contributed by atoms with Crippen LogP contribution in [0.25, 0.3) is 6.08 Å². The van der Waals surface area contributed by atoms with Gasteiger partial charge in [0.1, 0.15) is 0 Å². The lowest BCUT2D eigenvalue weighted by atomic mass is 10.1. The van der Waals surface area contributed by atoms with Crippen LogP contribution in [0.3, 0.4) is 0 Å². The van der Waals surface area contributed by atoms with E-state index in [9.17, 15) is 4.79 Å². The van der Waals surface area contributed by atoms with E-state index in [0.717, 1.165) is 30.6 Å². The number of carbonyl (C=O) groups is 1. The van der Waals surface area contributed by atoms with Crippen LogP contribution in [0.1, 0.15) is 46.7 Å². The van der Waals surface area contributed by atoms with Gasteiger partial charge in [0.2, 0.25) is 0 Å². The van der Waals surface area contributed by atoms with Crippen LogP contribution >= 0.6 is 11.3 Å². The molecule has 1 atom stereocenters. The summed E-state index contributed by atoms with van der Waals surface area (Å²) in [6.07, 6.45) is 9.31. The van der Waals surface area contributed by atoms with Crippen LogP contribution in [-0.2, 0) is 0 Å². The first-order valence-electron chi connectivity index (χ1n) is 6.55. The first kappa shape index (κ1) is 13.8. The number of thiophene rings is 1.